The van der Waals surface area contributed by atoms with Gasteiger partial charge in [0.25, 0.3) is 0 Å². The molecule has 0 aromatic carbocycles. The minimum absolute atomic E-state index is 0.193. The number of unbranched alkanes of at least 4 members (excludes halogenated alkanes) is 12. The van der Waals surface area contributed by atoms with Crippen molar-refractivity contribution >= 4 is 17.9 Å². The van der Waals surface area contributed by atoms with Gasteiger partial charge >= 0.3 is 17.9 Å². The molecule has 1 unspecified atom stereocenters. The van der Waals surface area contributed by atoms with Crippen molar-refractivity contribution in [2.24, 2.45) is 5.92 Å². The molecule has 0 amide bonds. The average Bonchev–Trinajstić information content (AvgIpc) is 2.73. The summed E-state index contributed by atoms with van der Waals surface area (Å²) in [5, 5.41) is 17.8. The van der Waals surface area contributed by atoms with Crippen molar-refractivity contribution in [3.8, 4) is 0 Å². The summed E-state index contributed by atoms with van der Waals surface area (Å²) < 4.78 is 5.03. The van der Waals surface area contributed by atoms with Gasteiger partial charge < -0.3 is 14.9 Å². The van der Waals surface area contributed by atoms with Gasteiger partial charge in [0.05, 0.1) is 18.9 Å². The standard InChI is InChI=1S/C25H42O6/c1-3-4-5-6-7-8-9-10-11-12-13-14-15-16-17-18-19-31-25(30)21(2)22(24(28)29)20-23(26)27/h10-11,22H,2-9,12-20H2,1H3,(H,26,27)(H,28,29)/b11-10-. The van der Waals surface area contributed by atoms with E-state index in [1.165, 1.54) is 57.8 Å². The van der Waals surface area contributed by atoms with Gasteiger partial charge in [0.2, 0.25) is 0 Å². The first-order chi connectivity index (χ1) is 14.9. The number of aliphatic carboxylic acids is 2. The third kappa shape index (κ3) is 17.3. The first kappa shape index (κ1) is 28.9. The van der Waals surface area contributed by atoms with Crippen LogP contribution in [-0.2, 0) is 19.1 Å². The summed E-state index contributed by atoms with van der Waals surface area (Å²) in [4.78, 5) is 33.6. The van der Waals surface area contributed by atoms with E-state index in [1.807, 2.05) is 0 Å². The van der Waals surface area contributed by atoms with Gasteiger partial charge in [0, 0.05) is 5.57 Å². The van der Waals surface area contributed by atoms with E-state index in [1.54, 1.807) is 0 Å². The highest BCUT2D eigenvalue weighted by Gasteiger charge is 2.29. The Morgan fingerprint density at radius 1 is 0.806 bits per heavy atom. The Hall–Kier alpha value is -2.11. The normalized spacial score (nSPS) is 12.0. The molecule has 2 N–H and O–H groups in total. The summed E-state index contributed by atoms with van der Waals surface area (Å²) in [6.45, 7) is 5.83. The van der Waals surface area contributed by atoms with E-state index in [-0.39, 0.29) is 12.2 Å². The molecule has 0 heterocycles. The number of carboxylic acids is 2. The van der Waals surface area contributed by atoms with Crippen LogP contribution >= 0.6 is 0 Å². The molecule has 0 aromatic heterocycles. The second-order valence-corrected chi connectivity index (χ2v) is 8.09. The molecule has 178 valence electrons. The number of allylic oxidation sites excluding steroid dienone is 2. The molecule has 0 rings (SSSR count). The van der Waals surface area contributed by atoms with Crippen molar-refractivity contribution in [1.29, 1.82) is 0 Å². The zero-order valence-corrected chi connectivity index (χ0v) is 19.3. The van der Waals surface area contributed by atoms with E-state index in [4.69, 9.17) is 14.9 Å². The molecule has 0 spiro atoms. The molecule has 31 heavy (non-hydrogen) atoms. The maximum atomic E-state index is 11.8. The van der Waals surface area contributed by atoms with Crippen molar-refractivity contribution < 1.29 is 29.3 Å². The fraction of sp³-hybridized carbons (Fsp3) is 0.720. The Morgan fingerprint density at radius 3 is 1.77 bits per heavy atom. The molecule has 0 radical (unpaired) electrons. The molecule has 1 atom stereocenters. The Bertz CT molecular complexity index is 552. The van der Waals surface area contributed by atoms with Crippen molar-refractivity contribution in [1.82, 2.24) is 0 Å². The van der Waals surface area contributed by atoms with Gasteiger partial charge in [-0.1, -0.05) is 83.4 Å². The maximum absolute atomic E-state index is 11.8. The predicted octanol–water partition coefficient (Wildman–Crippen LogP) is 6.30. The monoisotopic (exact) mass is 438 g/mol. The summed E-state index contributed by atoms with van der Waals surface area (Å²) in [6, 6.07) is 0. The van der Waals surface area contributed by atoms with E-state index in [2.05, 4.69) is 25.7 Å². The van der Waals surface area contributed by atoms with E-state index < -0.39 is 30.2 Å². The molecule has 0 aliphatic carbocycles. The highest BCUT2D eigenvalue weighted by Crippen LogP contribution is 2.16. The Kier molecular flexibility index (Phi) is 18.5. The van der Waals surface area contributed by atoms with E-state index >= 15 is 0 Å². The van der Waals surface area contributed by atoms with Crippen LogP contribution in [0.2, 0.25) is 0 Å². The molecule has 6 heteroatoms. The third-order valence-corrected chi connectivity index (χ3v) is 5.25. The smallest absolute Gasteiger partial charge is 0.334 e. The summed E-state index contributed by atoms with van der Waals surface area (Å²) in [5.74, 6) is -4.97. The molecular formula is C25H42O6. The van der Waals surface area contributed by atoms with Crippen LogP contribution in [0, 0.1) is 5.92 Å². The number of hydrogen-bond acceptors (Lipinski definition) is 4. The molecule has 0 aromatic rings. The first-order valence-electron chi connectivity index (χ1n) is 11.9. The van der Waals surface area contributed by atoms with Crippen LogP contribution in [0.3, 0.4) is 0 Å². The molecule has 6 nitrogen and oxygen atoms in total. The Balaban J connectivity index is 3.59. The minimum atomic E-state index is -1.45. The van der Waals surface area contributed by atoms with Crippen molar-refractivity contribution in [2.75, 3.05) is 6.61 Å². The quantitative estimate of drug-likeness (QED) is 0.0944. The maximum Gasteiger partial charge on any atom is 0.334 e. The number of carbonyl (C=O) groups excluding carboxylic acids is 1. The molecule has 0 saturated carbocycles. The van der Waals surface area contributed by atoms with Gasteiger partial charge in [-0.15, -0.1) is 0 Å². The molecule has 0 aliphatic rings. The summed E-state index contributed by atoms with van der Waals surface area (Å²) in [7, 11) is 0. The lowest BCUT2D eigenvalue weighted by molar-refractivity contribution is -0.149. The van der Waals surface area contributed by atoms with Crippen LogP contribution in [0.25, 0.3) is 0 Å². The zero-order chi connectivity index (χ0) is 23.3. The molecule has 0 aliphatic heterocycles. The van der Waals surface area contributed by atoms with Crippen LogP contribution in [0.4, 0.5) is 0 Å². The van der Waals surface area contributed by atoms with Crippen molar-refractivity contribution in [2.45, 2.75) is 103 Å². The van der Waals surface area contributed by atoms with Gasteiger partial charge in [-0.25, -0.2) is 4.79 Å². The number of hydrogen-bond donors (Lipinski definition) is 2. The van der Waals surface area contributed by atoms with Crippen LogP contribution in [0.15, 0.2) is 24.3 Å². The fourth-order valence-electron chi connectivity index (χ4n) is 3.28. The summed E-state index contributed by atoms with van der Waals surface area (Å²) in [6.07, 6.45) is 20.5. The number of rotatable bonds is 21. The second kappa shape index (κ2) is 19.8. The van der Waals surface area contributed by atoms with Crippen LogP contribution < -0.4 is 0 Å². The molecular weight excluding hydrogens is 396 g/mol. The number of ether oxygens (including phenoxy) is 1. The lowest BCUT2D eigenvalue weighted by atomic mass is 9.97. The highest BCUT2D eigenvalue weighted by atomic mass is 16.5. The summed E-state index contributed by atoms with van der Waals surface area (Å²) in [5.41, 5.74) is -0.320. The van der Waals surface area contributed by atoms with E-state index in [0.29, 0.717) is 6.42 Å². The van der Waals surface area contributed by atoms with Crippen molar-refractivity contribution in [3.05, 3.63) is 24.3 Å². The SMILES string of the molecule is C=C(C(=O)OCCCCCCCC/C=C\CCCCCCCC)C(CC(=O)O)C(=O)O. The predicted molar refractivity (Wildman–Crippen MR) is 123 cm³/mol. The summed E-state index contributed by atoms with van der Waals surface area (Å²) >= 11 is 0. The largest absolute Gasteiger partial charge is 0.481 e. The first-order valence-corrected chi connectivity index (χ1v) is 11.9. The van der Waals surface area contributed by atoms with E-state index in [9.17, 15) is 14.4 Å². The number of carbonyl (C=O) groups is 3. The fourth-order valence-corrected chi connectivity index (χ4v) is 3.28. The topological polar surface area (TPSA) is 101 Å². The average molecular weight is 439 g/mol. The number of carboxylic acid groups (broad SMARTS) is 2. The molecule has 0 fully saturated rings. The highest BCUT2D eigenvalue weighted by molar-refractivity contribution is 5.96. The lowest BCUT2D eigenvalue weighted by Gasteiger charge is -2.12. The van der Waals surface area contributed by atoms with Crippen LogP contribution in [-0.4, -0.2) is 34.7 Å². The lowest BCUT2D eigenvalue weighted by Crippen LogP contribution is -2.25. The third-order valence-electron chi connectivity index (χ3n) is 5.25. The van der Waals surface area contributed by atoms with Gasteiger partial charge in [0.15, 0.2) is 0 Å². The van der Waals surface area contributed by atoms with Gasteiger partial charge in [0.1, 0.15) is 0 Å². The van der Waals surface area contributed by atoms with Gasteiger partial charge in [-0.2, -0.15) is 0 Å². The van der Waals surface area contributed by atoms with E-state index in [0.717, 1.165) is 25.7 Å². The molecule has 0 saturated heterocycles. The molecule has 0 bridgehead atoms. The Morgan fingerprint density at radius 2 is 1.29 bits per heavy atom. The minimum Gasteiger partial charge on any atom is -0.481 e. The van der Waals surface area contributed by atoms with Crippen LogP contribution in [0.1, 0.15) is 103 Å². The second-order valence-electron chi connectivity index (χ2n) is 8.09. The zero-order valence-electron chi connectivity index (χ0n) is 19.3. The van der Waals surface area contributed by atoms with Gasteiger partial charge in [-0.3, -0.25) is 9.59 Å². The number of esters is 1. The van der Waals surface area contributed by atoms with Gasteiger partial charge in [-0.05, 0) is 32.1 Å². The van der Waals surface area contributed by atoms with Crippen LogP contribution in [0.5, 0.6) is 0 Å². The Labute approximate surface area is 187 Å². The van der Waals surface area contributed by atoms with Crippen molar-refractivity contribution in [3.63, 3.8) is 0 Å².